The van der Waals surface area contributed by atoms with Crippen LogP contribution in [0.4, 0.5) is 0 Å². The summed E-state index contributed by atoms with van der Waals surface area (Å²) in [5, 5.41) is 0.677. The zero-order valence-corrected chi connectivity index (χ0v) is 11.8. The van der Waals surface area contributed by atoms with Gasteiger partial charge in [0.05, 0.1) is 5.69 Å². The molecule has 0 aliphatic rings. The third kappa shape index (κ3) is 3.46. The van der Waals surface area contributed by atoms with Crippen LogP contribution in [0.1, 0.15) is 18.2 Å². The number of benzene rings is 1. The summed E-state index contributed by atoms with van der Waals surface area (Å²) in [6.07, 6.45) is 2.41. The van der Waals surface area contributed by atoms with Crippen molar-refractivity contribution in [2.24, 2.45) is 5.73 Å². The molecule has 0 spiro atoms. The van der Waals surface area contributed by atoms with Crippen LogP contribution in [0.3, 0.4) is 0 Å². The van der Waals surface area contributed by atoms with Gasteiger partial charge in [0.25, 0.3) is 0 Å². The van der Waals surface area contributed by atoms with Crippen molar-refractivity contribution in [2.45, 2.75) is 26.3 Å². The summed E-state index contributed by atoms with van der Waals surface area (Å²) >= 11 is 6.23. The molecule has 100 valence electrons. The summed E-state index contributed by atoms with van der Waals surface area (Å²) in [6.45, 7) is 3.85. The number of hydrogen-bond acceptors (Lipinski definition) is 3. The summed E-state index contributed by atoms with van der Waals surface area (Å²) < 4.78 is 5.92. The minimum absolute atomic E-state index is 0.0252. The van der Waals surface area contributed by atoms with E-state index >= 15 is 0 Å². The first-order valence-corrected chi connectivity index (χ1v) is 6.58. The topological polar surface area (TPSA) is 48.1 Å². The molecule has 0 saturated heterocycles. The van der Waals surface area contributed by atoms with Crippen molar-refractivity contribution in [3.63, 3.8) is 0 Å². The molecule has 2 aromatic rings. The molecule has 0 aliphatic heterocycles. The van der Waals surface area contributed by atoms with E-state index in [1.807, 2.05) is 44.2 Å². The van der Waals surface area contributed by atoms with Gasteiger partial charge in [-0.15, -0.1) is 0 Å². The number of aromatic nitrogens is 1. The molecule has 1 unspecified atom stereocenters. The van der Waals surface area contributed by atoms with Gasteiger partial charge in [-0.2, -0.15) is 0 Å². The normalized spacial score (nSPS) is 12.2. The molecule has 0 radical (unpaired) electrons. The zero-order valence-electron chi connectivity index (χ0n) is 11.1. The Balaban J connectivity index is 2.35. The molecule has 1 heterocycles. The molecule has 2 N–H and O–H groups in total. The number of nitrogens with two attached hydrogens (primary N) is 1. The second kappa shape index (κ2) is 6.04. The Morgan fingerprint density at radius 3 is 2.68 bits per heavy atom. The van der Waals surface area contributed by atoms with Gasteiger partial charge in [-0.3, -0.25) is 4.98 Å². The third-order valence-corrected chi connectivity index (χ3v) is 3.13. The minimum Gasteiger partial charge on any atom is -0.455 e. The van der Waals surface area contributed by atoms with Gasteiger partial charge in [0, 0.05) is 22.8 Å². The number of halogens is 1. The van der Waals surface area contributed by atoms with E-state index in [1.165, 1.54) is 0 Å². The number of aryl methyl sites for hydroxylation is 1. The van der Waals surface area contributed by atoms with E-state index in [9.17, 15) is 0 Å². The molecular formula is C15H17ClN2O. The van der Waals surface area contributed by atoms with Crippen molar-refractivity contribution < 1.29 is 4.74 Å². The van der Waals surface area contributed by atoms with E-state index in [4.69, 9.17) is 22.1 Å². The zero-order chi connectivity index (χ0) is 13.8. The molecule has 3 nitrogen and oxygen atoms in total. The fourth-order valence-electron chi connectivity index (χ4n) is 1.85. The lowest BCUT2D eigenvalue weighted by Crippen LogP contribution is -2.18. The molecule has 0 amide bonds. The highest BCUT2D eigenvalue weighted by Gasteiger charge is 2.12. The molecule has 19 heavy (non-hydrogen) atoms. The number of hydrogen-bond donors (Lipinski definition) is 1. The average molecular weight is 277 g/mol. The Bertz CT molecular complexity index is 570. The predicted octanol–water partition coefficient (Wildman–Crippen LogP) is 3.73. The van der Waals surface area contributed by atoms with Crippen molar-refractivity contribution in [3.05, 3.63) is 52.8 Å². The molecule has 0 bridgehead atoms. The smallest absolute Gasteiger partial charge is 0.148 e. The van der Waals surface area contributed by atoms with Gasteiger partial charge in [-0.1, -0.05) is 17.7 Å². The number of nitrogens with zero attached hydrogens (tertiary/aromatic N) is 1. The molecule has 2 rings (SSSR count). The molecule has 4 heteroatoms. The quantitative estimate of drug-likeness (QED) is 0.926. The monoisotopic (exact) mass is 276 g/mol. The summed E-state index contributed by atoms with van der Waals surface area (Å²) in [7, 11) is 0. The van der Waals surface area contributed by atoms with Crippen LogP contribution in [0.25, 0.3) is 0 Å². The molecular weight excluding hydrogens is 260 g/mol. The van der Waals surface area contributed by atoms with Gasteiger partial charge in [-0.05, 0) is 44.5 Å². The summed E-state index contributed by atoms with van der Waals surface area (Å²) in [5.41, 5.74) is 7.63. The van der Waals surface area contributed by atoms with E-state index in [2.05, 4.69) is 4.98 Å². The minimum atomic E-state index is 0.0252. The van der Waals surface area contributed by atoms with E-state index in [-0.39, 0.29) is 6.04 Å². The maximum absolute atomic E-state index is 6.23. The van der Waals surface area contributed by atoms with Crippen LogP contribution >= 0.6 is 11.6 Å². The van der Waals surface area contributed by atoms with E-state index < -0.39 is 0 Å². The lowest BCUT2D eigenvalue weighted by Gasteiger charge is -2.15. The highest BCUT2D eigenvalue weighted by Crippen LogP contribution is 2.32. The third-order valence-electron chi connectivity index (χ3n) is 2.78. The largest absolute Gasteiger partial charge is 0.455 e. The fraction of sp³-hybridized carbons (Fsp3) is 0.267. The Kier molecular flexibility index (Phi) is 4.40. The van der Waals surface area contributed by atoms with Crippen molar-refractivity contribution in [3.8, 4) is 11.5 Å². The average Bonchev–Trinajstić information content (AvgIpc) is 2.36. The van der Waals surface area contributed by atoms with Gasteiger partial charge in [-0.25, -0.2) is 0 Å². The Labute approximate surface area is 118 Å². The molecule has 0 aliphatic carbocycles. The first-order valence-electron chi connectivity index (χ1n) is 6.20. The predicted molar refractivity (Wildman–Crippen MR) is 77.9 cm³/mol. The molecule has 0 fully saturated rings. The van der Waals surface area contributed by atoms with Gasteiger partial charge in [0.2, 0.25) is 0 Å². The summed E-state index contributed by atoms with van der Waals surface area (Å²) in [4.78, 5) is 4.21. The van der Waals surface area contributed by atoms with Gasteiger partial charge < -0.3 is 10.5 Å². The van der Waals surface area contributed by atoms with Crippen LogP contribution in [-0.4, -0.2) is 11.0 Å². The van der Waals surface area contributed by atoms with Crippen molar-refractivity contribution in [1.29, 1.82) is 0 Å². The van der Waals surface area contributed by atoms with Crippen molar-refractivity contribution in [1.82, 2.24) is 4.98 Å². The fourth-order valence-corrected chi connectivity index (χ4v) is 2.09. The molecule has 1 atom stereocenters. The second-order valence-corrected chi connectivity index (χ2v) is 4.99. The van der Waals surface area contributed by atoms with Crippen LogP contribution in [0, 0.1) is 6.92 Å². The molecule has 1 aromatic heterocycles. The van der Waals surface area contributed by atoms with Crippen molar-refractivity contribution >= 4 is 11.6 Å². The van der Waals surface area contributed by atoms with E-state index in [0.29, 0.717) is 11.4 Å². The van der Waals surface area contributed by atoms with E-state index in [1.54, 1.807) is 6.20 Å². The number of pyridine rings is 1. The van der Waals surface area contributed by atoms with Gasteiger partial charge in [0.1, 0.15) is 11.5 Å². The standard InChI is InChI=1S/C15H17ClN2O/c1-10(17)9-12-13(16)5-3-6-15(12)19-14-7-4-8-18-11(14)2/h3-8,10H,9,17H2,1-2H3. The lowest BCUT2D eigenvalue weighted by atomic mass is 10.1. The van der Waals surface area contributed by atoms with Gasteiger partial charge >= 0.3 is 0 Å². The van der Waals surface area contributed by atoms with Crippen LogP contribution in [0.5, 0.6) is 11.5 Å². The van der Waals surface area contributed by atoms with Crippen molar-refractivity contribution in [2.75, 3.05) is 0 Å². The van der Waals surface area contributed by atoms with Crippen LogP contribution < -0.4 is 10.5 Å². The Hall–Kier alpha value is -1.58. The number of ether oxygens (including phenoxy) is 1. The Morgan fingerprint density at radius 1 is 1.26 bits per heavy atom. The van der Waals surface area contributed by atoms with Crippen LogP contribution in [-0.2, 0) is 6.42 Å². The maximum Gasteiger partial charge on any atom is 0.148 e. The highest BCUT2D eigenvalue weighted by atomic mass is 35.5. The number of rotatable bonds is 4. The maximum atomic E-state index is 6.23. The lowest BCUT2D eigenvalue weighted by molar-refractivity contribution is 0.467. The Morgan fingerprint density at radius 2 is 2.00 bits per heavy atom. The first kappa shape index (κ1) is 13.8. The van der Waals surface area contributed by atoms with E-state index in [0.717, 1.165) is 22.8 Å². The van der Waals surface area contributed by atoms with Crippen LogP contribution in [0.15, 0.2) is 36.5 Å². The first-order chi connectivity index (χ1) is 9.08. The highest BCUT2D eigenvalue weighted by molar-refractivity contribution is 6.31. The summed E-state index contributed by atoms with van der Waals surface area (Å²) in [6, 6.07) is 9.38. The molecule has 0 saturated carbocycles. The van der Waals surface area contributed by atoms with Crippen LogP contribution in [0.2, 0.25) is 5.02 Å². The molecule has 1 aromatic carbocycles. The second-order valence-electron chi connectivity index (χ2n) is 4.59. The van der Waals surface area contributed by atoms with Gasteiger partial charge in [0.15, 0.2) is 0 Å². The summed E-state index contributed by atoms with van der Waals surface area (Å²) in [5.74, 6) is 1.47. The SMILES string of the molecule is Cc1ncccc1Oc1cccc(Cl)c1CC(C)N.